The molecule has 0 spiro atoms. The van der Waals surface area contributed by atoms with Crippen LogP contribution in [-0.2, 0) is 10.3 Å². The van der Waals surface area contributed by atoms with Crippen molar-refractivity contribution >= 4 is 11.7 Å². The summed E-state index contributed by atoms with van der Waals surface area (Å²) in [5, 5.41) is 3.32. The summed E-state index contributed by atoms with van der Waals surface area (Å²) in [6, 6.07) is 17.2. The predicted molar refractivity (Wildman–Crippen MR) is 86.8 cm³/mol. The van der Waals surface area contributed by atoms with E-state index in [1.165, 1.54) is 5.56 Å². The zero-order chi connectivity index (χ0) is 14.9. The summed E-state index contributed by atoms with van der Waals surface area (Å²) in [7, 11) is 0. The first-order valence-corrected chi connectivity index (χ1v) is 7.31. The number of aliphatic imine (C=N–C) groups is 1. The highest BCUT2D eigenvalue weighted by Crippen LogP contribution is 2.42. The number of rotatable bonds is 2. The van der Waals surface area contributed by atoms with E-state index in [4.69, 9.17) is 4.74 Å². The van der Waals surface area contributed by atoms with Crippen molar-refractivity contribution in [2.24, 2.45) is 4.99 Å². The lowest BCUT2D eigenvalue weighted by molar-refractivity contribution is 0.112. The van der Waals surface area contributed by atoms with Crippen LogP contribution in [0.4, 0.5) is 5.69 Å². The fraction of sp³-hybridized carbons (Fsp3) is 0.278. The molecular formula is C18H20N2O. The zero-order valence-corrected chi connectivity index (χ0v) is 12.7. The van der Waals surface area contributed by atoms with Crippen molar-refractivity contribution in [1.29, 1.82) is 0 Å². The van der Waals surface area contributed by atoms with E-state index in [1.807, 2.05) is 25.1 Å². The number of aryl methyl sites for hydroxylation is 1. The number of para-hydroxylation sites is 1. The molecule has 3 nitrogen and oxygen atoms in total. The van der Waals surface area contributed by atoms with Crippen LogP contribution in [0.15, 0.2) is 53.5 Å². The monoisotopic (exact) mass is 280 g/mol. The van der Waals surface area contributed by atoms with Crippen molar-refractivity contribution < 1.29 is 4.74 Å². The third kappa shape index (κ3) is 2.29. The summed E-state index contributed by atoms with van der Waals surface area (Å²) in [5.41, 5.74) is 4.04. The zero-order valence-electron chi connectivity index (χ0n) is 12.7. The first-order valence-electron chi connectivity index (χ1n) is 7.31. The number of nitrogens with zero attached hydrogens (tertiary/aromatic N) is 1. The van der Waals surface area contributed by atoms with E-state index < -0.39 is 5.60 Å². The fourth-order valence-electron chi connectivity index (χ4n) is 2.80. The van der Waals surface area contributed by atoms with Crippen molar-refractivity contribution in [3.05, 3.63) is 65.2 Å². The molecule has 1 atom stereocenters. The van der Waals surface area contributed by atoms with Gasteiger partial charge in [-0.25, -0.2) is 4.99 Å². The van der Waals surface area contributed by atoms with Gasteiger partial charge in [-0.2, -0.15) is 0 Å². The smallest absolute Gasteiger partial charge is 0.290 e. The van der Waals surface area contributed by atoms with Crippen molar-refractivity contribution in [3.63, 3.8) is 0 Å². The summed E-state index contributed by atoms with van der Waals surface area (Å²) in [6.07, 6.45) is 0. The first kappa shape index (κ1) is 13.7. The van der Waals surface area contributed by atoms with Gasteiger partial charge in [-0.05, 0) is 31.9 Å². The second-order valence-electron chi connectivity index (χ2n) is 5.40. The van der Waals surface area contributed by atoms with Gasteiger partial charge < -0.3 is 10.1 Å². The minimum Gasteiger partial charge on any atom is -0.449 e. The second-order valence-corrected chi connectivity index (χ2v) is 5.40. The molecular weight excluding hydrogens is 260 g/mol. The predicted octanol–water partition coefficient (Wildman–Crippen LogP) is 4.08. The molecule has 0 fully saturated rings. The Kier molecular flexibility index (Phi) is 3.42. The molecule has 1 heterocycles. The van der Waals surface area contributed by atoms with Crippen molar-refractivity contribution in [3.8, 4) is 0 Å². The van der Waals surface area contributed by atoms with Gasteiger partial charge in [0.15, 0.2) is 5.60 Å². The van der Waals surface area contributed by atoms with Gasteiger partial charge in [-0.15, -0.1) is 0 Å². The van der Waals surface area contributed by atoms with Crippen molar-refractivity contribution in [2.75, 3.05) is 11.9 Å². The topological polar surface area (TPSA) is 33.6 Å². The number of benzene rings is 2. The van der Waals surface area contributed by atoms with Gasteiger partial charge in [0.05, 0.1) is 5.69 Å². The average Bonchev–Trinajstić information content (AvgIpc) is 2.50. The number of fused-ring (bicyclic) bond motifs is 1. The van der Waals surface area contributed by atoms with Crippen LogP contribution in [0.3, 0.4) is 0 Å². The van der Waals surface area contributed by atoms with Gasteiger partial charge in [-0.1, -0.05) is 48.5 Å². The van der Waals surface area contributed by atoms with Gasteiger partial charge in [0, 0.05) is 12.1 Å². The van der Waals surface area contributed by atoms with E-state index in [0.29, 0.717) is 12.6 Å². The Labute approximate surface area is 125 Å². The third-order valence-corrected chi connectivity index (χ3v) is 3.95. The third-order valence-electron chi connectivity index (χ3n) is 3.95. The van der Waals surface area contributed by atoms with Crippen LogP contribution in [0.2, 0.25) is 0 Å². The fourth-order valence-corrected chi connectivity index (χ4v) is 2.80. The molecule has 1 aliphatic heterocycles. The normalized spacial score (nSPS) is 22.3. The van der Waals surface area contributed by atoms with Gasteiger partial charge in [0.25, 0.3) is 6.02 Å². The molecule has 0 bridgehead atoms. The summed E-state index contributed by atoms with van der Waals surface area (Å²) >= 11 is 0. The Bertz CT molecular complexity index is 679. The summed E-state index contributed by atoms with van der Waals surface area (Å²) in [5.74, 6) is 0. The van der Waals surface area contributed by atoms with E-state index in [9.17, 15) is 0 Å². The van der Waals surface area contributed by atoms with E-state index >= 15 is 0 Å². The Morgan fingerprint density at radius 1 is 1.10 bits per heavy atom. The quantitative estimate of drug-likeness (QED) is 0.899. The Hall–Kier alpha value is -2.29. The molecule has 21 heavy (non-hydrogen) atoms. The number of hydrogen-bond acceptors (Lipinski definition) is 2. The minimum atomic E-state index is -0.526. The van der Waals surface area contributed by atoms with Crippen LogP contribution in [-0.4, -0.2) is 12.6 Å². The van der Waals surface area contributed by atoms with Crippen LogP contribution in [0, 0.1) is 6.92 Å². The molecule has 1 N–H and O–H groups in total. The lowest BCUT2D eigenvalue weighted by Crippen LogP contribution is -2.39. The van der Waals surface area contributed by atoms with Crippen LogP contribution < -0.4 is 5.32 Å². The lowest BCUT2D eigenvalue weighted by Gasteiger charge is -2.38. The molecule has 2 aromatic carbocycles. The van der Waals surface area contributed by atoms with E-state index in [1.54, 1.807) is 0 Å². The molecule has 108 valence electrons. The van der Waals surface area contributed by atoms with Gasteiger partial charge in [0.1, 0.15) is 0 Å². The number of amidine groups is 1. The standard InChI is InChI=1S/C18H20N2O/c1-4-19-17-20-16-13(2)9-8-12-15(16)18(3,21-17)14-10-6-5-7-11-14/h5-12H,4H2,1-3H3,(H,19,20)/t18-/m1/s1. The van der Waals surface area contributed by atoms with Gasteiger partial charge >= 0.3 is 0 Å². The maximum Gasteiger partial charge on any atom is 0.290 e. The Morgan fingerprint density at radius 3 is 2.57 bits per heavy atom. The van der Waals surface area contributed by atoms with Crippen molar-refractivity contribution in [1.82, 2.24) is 0 Å². The molecule has 2 aromatic rings. The minimum absolute atomic E-state index is 0.526. The molecule has 0 radical (unpaired) electrons. The van der Waals surface area contributed by atoms with E-state index in [2.05, 4.69) is 54.5 Å². The highest BCUT2D eigenvalue weighted by Gasteiger charge is 2.38. The number of nitrogens with one attached hydrogen (secondary N) is 1. The molecule has 1 aliphatic rings. The Morgan fingerprint density at radius 2 is 1.86 bits per heavy atom. The highest BCUT2D eigenvalue weighted by molar-refractivity contribution is 5.94. The van der Waals surface area contributed by atoms with Gasteiger partial charge in [0.2, 0.25) is 0 Å². The lowest BCUT2D eigenvalue weighted by atomic mass is 9.85. The maximum atomic E-state index is 6.22. The van der Waals surface area contributed by atoms with Crippen LogP contribution in [0.1, 0.15) is 30.5 Å². The van der Waals surface area contributed by atoms with E-state index in [0.717, 1.165) is 16.8 Å². The molecule has 0 amide bonds. The first-order chi connectivity index (χ1) is 10.1. The highest BCUT2D eigenvalue weighted by atomic mass is 16.5. The van der Waals surface area contributed by atoms with Crippen molar-refractivity contribution in [2.45, 2.75) is 26.4 Å². The van der Waals surface area contributed by atoms with Crippen LogP contribution >= 0.6 is 0 Å². The molecule has 0 unspecified atom stereocenters. The SMILES string of the molecule is CCN=C1Nc2c(C)cccc2[C@@](C)(c2ccccc2)O1. The summed E-state index contributed by atoms with van der Waals surface area (Å²) < 4.78 is 6.22. The number of anilines is 1. The maximum absolute atomic E-state index is 6.22. The van der Waals surface area contributed by atoms with Crippen LogP contribution in [0.5, 0.6) is 0 Å². The summed E-state index contributed by atoms with van der Waals surface area (Å²) in [6.45, 7) is 6.90. The number of hydrogen-bond donors (Lipinski definition) is 1. The molecule has 0 saturated heterocycles. The van der Waals surface area contributed by atoms with E-state index in [-0.39, 0.29) is 0 Å². The molecule has 0 aliphatic carbocycles. The number of ether oxygens (including phenoxy) is 1. The van der Waals surface area contributed by atoms with Gasteiger partial charge in [-0.3, -0.25) is 0 Å². The molecule has 3 rings (SSSR count). The Balaban J connectivity index is 2.21. The average molecular weight is 280 g/mol. The molecule has 0 aromatic heterocycles. The largest absolute Gasteiger partial charge is 0.449 e. The molecule has 3 heteroatoms. The second kappa shape index (κ2) is 5.24. The molecule has 0 saturated carbocycles. The van der Waals surface area contributed by atoms with Crippen LogP contribution in [0.25, 0.3) is 0 Å². The summed E-state index contributed by atoms with van der Waals surface area (Å²) in [4.78, 5) is 4.43.